The maximum atomic E-state index is 11.7. The summed E-state index contributed by atoms with van der Waals surface area (Å²) in [7, 11) is 1.40. The van der Waals surface area contributed by atoms with E-state index in [1.54, 1.807) is 0 Å². The Morgan fingerprint density at radius 1 is 1.41 bits per heavy atom. The smallest absolute Gasteiger partial charge is 0.339 e. The first-order chi connectivity index (χ1) is 7.84. The zero-order valence-corrected chi connectivity index (χ0v) is 9.17. The summed E-state index contributed by atoms with van der Waals surface area (Å²) in [4.78, 5) is 33.0. The monoisotopic (exact) mass is 241 g/mol. The predicted octanol–water partition coefficient (Wildman–Crippen LogP) is -0.679. The zero-order chi connectivity index (χ0) is 13.2. The highest BCUT2D eigenvalue weighted by Crippen LogP contribution is 2.07. The highest BCUT2D eigenvalue weighted by molar-refractivity contribution is 6.04. The van der Waals surface area contributed by atoms with Crippen molar-refractivity contribution in [3.05, 3.63) is 17.5 Å². The van der Waals surface area contributed by atoms with Gasteiger partial charge in [0, 0.05) is 7.05 Å². The van der Waals surface area contributed by atoms with E-state index in [1.807, 2.05) is 0 Å². The Balaban J connectivity index is 3.00. The van der Waals surface area contributed by atoms with Crippen molar-refractivity contribution in [3.63, 3.8) is 0 Å². The first-order valence-electron chi connectivity index (χ1n) is 4.63. The van der Waals surface area contributed by atoms with Crippen molar-refractivity contribution in [2.45, 2.75) is 13.0 Å². The molecule has 1 amide bonds. The van der Waals surface area contributed by atoms with E-state index >= 15 is 0 Å². The fraction of sp³-hybridized carbons (Fsp3) is 0.333. The summed E-state index contributed by atoms with van der Waals surface area (Å²) >= 11 is 0. The normalized spacial score (nSPS) is 11.9. The van der Waals surface area contributed by atoms with Crippen molar-refractivity contribution < 1.29 is 24.6 Å². The molecular formula is C9H11N3O5. The van der Waals surface area contributed by atoms with Gasteiger partial charge in [-0.3, -0.25) is 14.3 Å². The second-order valence-electron chi connectivity index (χ2n) is 3.37. The quantitative estimate of drug-likeness (QED) is 0.642. The fourth-order valence-electron chi connectivity index (χ4n) is 1.19. The maximum absolute atomic E-state index is 11.7. The molecule has 0 saturated heterocycles. The van der Waals surface area contributed by atoms with Gasteiger partial charge in [-0.15, -0.1) is 0 Å². The second kappa shape index (κ2) is 4.64. The molecule has 8 nitrogen and oxygen atoms in total. The zero-order valence-electron chi connectivity index (χ0n) is 9.17. The van der Waals surface area contributed by atoms with Crippen molar-refractivity contribution in [2.75, 3.05) is 0 Å². The minimum Gasteiger partial charge on any atom is -0.480 e. The van der Waals surface area contributed by atoms with Crippen LogP contribution in [0.15, 0.2) is 6.20 Å². The number of carbonyl (C=O) groups is 3. The van der Waals surface area contributed by atoms with Gasteiger partial charge in [-0.2, -0.15) is 5.10 Å². The van der Waals surface area contributed by atoms with E-state index in [1.165, 1.54) is 14.0 Å². The summed E-state index contributed by atoms with van der Waals surface area (Å²) in [6.07, 6.45) is 1.03. The molecule has 0 fully saturated rings. The van der Waals surface area contributed by atoms with E-state index < -0.39 is 23.9 Å². The van der Waals surface area contributed by atoms with Gasteiger partial charge in [-0.1, -0.05) is 0 Å². The van der Waals surface area contributed by atoms with Gasteiger partial charge in [0.2, 0.25) is 0 Å². The molecule has 0 aliphatic heterocycles. The van der Waals surface area contributed by atoms with Gasteiger partial charge >= 0.3 is 11.9 Å². The molecule has 0 aliphatic rings. The summed E-state index contributed by atoms with van der Waals surface area (Å²) in [5.74, 6) is -3.30. The molecule has 0 radical (unpaired) electrons. The van der Waals surface area contributed by atoms with Crippen molar-refractivity contribution in [1.82, 2.24) is 15.1 Å². The third-order valence-corrected chi connectivity index (χ3v) is 2.10. The van der Waals surface area contributed by atoms with E-state index in [9.17, 15) is 14.4 Å². The van der Waals surface area contributed by atoms with Gasteiger partial charge < -0.3 is 15.5 Å². The van der Waals surface area contributed by atoms with Crippen molar-refractivity contribution >= 4 is 17.8 Å². The molecule has 92 valence electrons. The molecule has 0 aromatic carbocycles. The third-order valence-electron chi connectivity index (χ3n) is 2.10. The Morgan fingerprint density at radius 2 is 2.00 bits per heavy atom. The fourth-order valence-corrected chi connectivity index (χ4v) is 1.19. The van der Waals surface area contributed by atoms with Gasteiger partial charge in [0.15, 0.2) is 0 Å². The standard InChI is InChI=1S/C9H11N3O5/c1-4(8(14)15)11-7(13)6-5(9(16)17)3-10-12(6)2/h3-4H,1-2H3,(H,11,13)(H,14,15)(H,16,17)/t4-/m0/s1. The van der Waals surface area contributed by atoms with E-state index in [0.29, 0.717) is 0 Å². The van der Waals surface area contributed by atoms with Crippen LogP contribution in [0.4, 0.5) is 0 Å². The molecule has 0 bridgehead atoms. The largest absolute Gasteiger partial charge is 0.480 e. The molecule has 3 N–H and O–H groups in total. The van der Waals surface area contributed by atoms with Gasteiger partial charge in [0.1, 0.15) is 17.3 Å². The predicted molar refractivity (Wildman–Crippen MR) is 54.7 cm³/mol. The Labute approximate surface area is 95.9 Å². The molecule has 1 aromatic rings. The van der Waals surface area contributed by atoms with Gasteiger partial charge in [0.05, 0.1) is 6.20 Å². The molecule has 8 heteroatoms. The van der Waals surface area contributed by atoms with Crippen LogP contribution in [-0.4, -0.2) is 43.9 Å². The van der Waals surface area contributed by atoms with Crippen LogP contribution in [0.3, 0.4) is 0 Å². The lowest BCUT2D eigenvalue weighted by atomic mass is 10.2. The van der Waals surface area contributed by atoms with Crippen LogP contribution in [0, 0.1) is 0 Å². The minimum absolute atomic E-state index is 0.189. The lowest BCUT2D eigenvalue weighted by Crippen LogP contribution is -2.39. The van der Waals surface area contributed by atoms with Crippen LogP contribution in [0.25, 0.3) is 0 Å². The summed E-state index contributed by atoms with van der Waals surface area (Å²) in [6, 6.07) is -1.11. The summed E-state index contributed by atoms with van der Waals surface area (Å²) in [5.41, 5.74) is -0.465. The number of carbonyl (C=O) groups excluding carboxylic acids is 1. The molecule has 0 saturated carbocycles. The average Bonchev–Trinajstić information content (AvgIpc) is 2.59. The Morgan fingerprint density at radius 3 is 2.47 bits per heavy atom. The Hall–Kier alpha value is -2.38. The average molecular weight is 241 g/mol. The summed E-state index contributed by atoms with van der Waals surface area (Å²) < 4.78 is 1.08. The molecule has 0 unspecified atom stereocenters. The maximum Gasteiger partial charge on any atom is 0.339 e. The lowest BCUT2D eigenvalue weighted by Gasteiger charge is -2.09. The molecule has 0 spiro atoms. The molecule has 0 aliphatic carbocycles. The molecule has 17 heavy (non-hydrogen) atoms. The number of nitrogens with zero attached hydrogens (tertiary/aromatic N) is 2. The lowest BCUT2D eigenvalue weighted by molar-refractivity contribution is -0.138. The summed E-state index contributed by atoms with van der Waals surface area (Å²) in [6.45, 7) is 1.27. The van der Waals surface area contributed by atoms with Crippen LogP contribution in [0.5, 0.6) is 0 Å². The number of carboxylic acid groups (broad SMARTS) is 2. The number of aryl methyl sites for hydroxylation is 1. The van der Waals surface area contributed by atoms with Crippen LogP contribution < -0.4 is 5.32 Å². The van der Waals surface area contributed by atoms with E-state index in [2.05, 4.69) is 10.4 Å². The van der Waals surface area contributed by atoms with Crippen molar-refractivity contribution in [2.24, 2.45) is 7.05 Å². The number of nitrogens with one attached hydrogen (secondary N) is 1. The Bertz CT molecular complexity index is 479. The van der Waals surface area contributed by atoms with Gasteiger partial charge in [-0.25, -0.2) is 4.79 Å². The van der Waals surface area contributed by atoms with Crippen molar-refractivity contribution in [3.8, 4) is 0 Å². The van der Waals surface area contributed by atoms with Gasteiger partial charge in [-0.05, 0) is 6.92 Å². The van der Waals surface area contributed by atoms with E-state index in [-0.39, 0.29) is 11.3 Å². The number of amides is 1. The number of carboxylic acids is 2. The van der Waals surface area contributed by atoms with E-state index in [0.717, 1.165) is 10.9 Å². The molecular weight excluding hydrogens is 230 g/mol. The highest BCUT2D eigenvalue weighted by Gasteiger charge is 2.24. The van der Waals surface area contributed by atoms with Crippen LogP contribution in [-0.2, 0) is 11.8 Å². The van der Waals surface area contributed by atoms with Crippen molar-refractivity contribution in [1.29, 1.82) is 0 Å². The second-order valence-corrected chi connectivity index (χ2v) is 3.37. The molecule has 1 aromatic heterocycles. The number of hydrogen-bond donors (Lipinski definition) is 3. The summed E-state index contributed by atoms with van der Waals surface area (Å²) in [5, 5.41) is 23.2. The minimum atomic E-state index is -1.30. The van der Waals surface area contributed by atoms with Gasteiger partial charge in [0.25, 0.3) is 5.91 Å². The van der Waals surface area contributed by atoms with Crippen LogP contribution >= 0.6 is 0 Å². The molecule has 1 atom stereocenters. The van der Waals surface area contributed by atoms with Crippen LogP contribution in [0.1, 0.15) is 27.8 Å². The molecule has 1 heterocycles. The third kappa shape index (κ3) is 2.60. The number of aromatic nitrogens is 2. The SMILES string of the molecule is C[C@H](NC(=O)c1c(C(=O)O)cnn1C)C(=O)O. The number of aromatic carboxylic acids is 1. The topological polar surface area (TPSA) is 122 Å². The Kier molecular flexibility index (Phi) is 3.46. The number of hydrogen-bond acceptors (Lipinski definition) is 4. The molecule has 1 rings (SSSR count). The first-order valence-corrected chi connectivity index (χ1v) is 4.63. The first kappa shape index (κ1) is 12.7. The van der Waals surface area contributed by atoms with Crippen LogP contribution in [0.2, 0.25) is 0 Å². The number of aliphatic carboxylic acids is 1. The highest BCUT2D eigenvalue weighted by atomic mass is 16.4. The number of rotatable bonds is 4. The van der Waals surface area contributed by atoms with E-state index in [4.69, 9.17) is 10.2 Å².